The SMILES string of the molecule is Cc1ccc(C(=O)N2CC(c3nc(-c4cccc(F)c4)no3)C2)cc1. The zero-order chi connectivity index (χ0) is 17.4. The summed E-state index contributed by atoms with van der Waals surface area (Å²) in [6, 6.07) is 13.6. The third-order valence-electron chi connectivity index (χ3n) is 4.34. The van der Waals surface area contributed by atoms with Crippen molar-refractivity contribution in [3.05, 3.63) is 71.4 Å². The number of benzene rings is 2. The highest BCUT2D eigenvalue weighted by Crippen LogP contribution is 2.29. The first-order valence-corrected chi connectivity index (χ1v) is 8.05. The average Bonchev–Trinajstić information content (AvgIpc) is 3.03. The van der Waals surface area contributed by atoms with Gasteiger partial charge in [-0.15, -0.1) is 0 Å². The summed E-state index contributed by atoms with van der Waals surface area (Å²) < 4.78 is 18.6. The number of nitrogens with zero attached hydrogens (tertiary/aromatic N) is 3. The minimum absolute atomic E-state index is 0.00104. The van der Waals surface area contributed by atoms with Gasteiger partial charge in [0.05, 0.1) is 5.92 Å². The molecular weight excluding hydrogens is 321 g/mol. The molecule has 1 saturated heterocycles. The Balaban J connectivity index is 1.42. The summed E-state index contributed by atoms with van der Waals surface area (Å²) in [5.74, 6) is 0.512. The molecule has 6 heteroatoms. The lowest BCUT2D eigenvalue weighted by Crippen LogP contribution is -2.48. The highest BCUT2D eigenvalue weighted by molar-refractivity contribution is 5.94. The molecule has 0 radical (unpaired) electrons. The minimum atomic E-state index is -0.345. The average molecular weight is 337 g/mol. The Morgan fingerprint density at radius 2 is 1.96 bits per heavy atom. The Labute approximate surface area is 144 Å². The van der Waals surface area contributed by atoms with Gasteiger partial charge in [-0.1, -0.05) is 35.0 Å². The number of aromatic nitrogens is 2. The molecule has 0 atom stereocenters. The van der Waals surface area contributed by atoms with Crippen LogP contribution >= 0.6 is 0 Å². The standard InChI is InChI=1S/C19H16FN3O2/c1-12-5-7-13(8-6-12)19(24)23-10-15(11-23)18-21-17(22-25-18)14-3-2-4-16(20)9-14/h2-9,15H,10-11H2,1H3. The smallest absolute Gasteiger partial charge is 0.253 e. The van der Waals surface area contributed by atoms with Gasteiger partial charge in [0, 0.05) is 24.2 Å². The van der Waals surface area contributed by atoms with Gasteiger partial charge in [-0.3, -0.25) is 4.79 Å². The van der Waals surface area contributed by atoms with Crippen LogP contribution in [-0.2, 0) is 0 Å². The van der Waals surface area contributed by atoms with Gasteiger partial charge in [-0.05, 0) is 31.2 Å². The third-order valence-corrected chi connectivity index (χ3v) is 4.34. The number of amides is 1. The van der Waals surface area contributed by atoms with Crippen molar-refractivity contribution in [1.29, 1.82) is 0 Å². The molecule has 126 valence electrons. The first kappa shape index (κ1) is 15.5. The second kappa shape index (κ2) is 6.12. The Morgan fingerprint density at radius 1 is 1.20 bits per heavy atom. The fraction of sp³-hybridized carbons (Fsp3) is 0.211. The molecule has 1 aliphatic heterocycles. The number of aryl methyl sites for hydroxylation is 1. The molecule has 0 unspecified atom stereocenters. The fourth-order valence-electron chi connectivity index (χ4n) is 2.83. The number of hydrogen-bond acceptors (Lipinski definition) is 4. The predicted molar refractivity (Wildman–Crippen MR) is 89.5 cm³/mol. The van der Waals surface area contributed by atoms with Crippen LogP contribution in [-0.4, -0.2) is 34.0 Å². The zero-order valence-electron chi connectivity index (χ0n) is 13.6. The van der Waals surface area contributed by atoms with Crippen LogP contribution in [0.25, 0.3) is 11.4 Å². The third kappa shape index (κ3) is 3.03. The van der Waals surface area contributed by atoms with E-state index in [0.717, 1.165) is 5.56 Å². The molecule has 3 aromatic rings. The normalized spacial score (nSPS) is 14.4. The molecule has 0 saturated carbocycles. The van der Waals surface area contributed by atoms with Gasteiger partial charge in [0.15, 0.2) is 0 Å². The van der Waals surface area contributed by atoms with Gasteiger partial charge in [-0.25, -0.2) is 4.39 Å². The zero-order valence-corrected chi connectivity index (χ0v) is 13.6. The summed E-state index contributed by atoms with van der Waals surface area (Å²) in [5.41, 5.74) is 2.37. The summed E-state index contributed by atoms with van der Waals surface area (Å²) in [5, 5.41) is 3.91. The largest absolute Gasteiger partial charge is 0.339 e. The van der Waals surface area contributed by atoms with Crippen molar-refractivity contribution in [2.45, 2.75) is 12.8 Å². The maximum absolute atomic E-state index is 13.3. The van der Waals surface area contributed by atoms with Crippen LogP contribution < -0.4 is 0 Å². The van der Waals surface area contributed by atoms with Gasteiger partial charge >= 0.3 is 0 Å². The van der Waals surface area contributed by atoms with E-state index < -0.39 is 0 Å². The Kier molecular flexibility index (Phi) is 3.80. The monoisotopic (exact) mass is 337 g/mol. The molecule has 4 rings (SSSR count). The number of halogens is 1. The van der Waals surface area contributed by atoms with E-state index in [0.29, 0.717) is 35.9 Å². The van der Waals surface area contributed by atoms with Crippen molar-refractivity contribution in [3.8, 4) is 11.4 Å². The van der Waals surface area contributed by atoms with Crippen LogP contribution in [0.2, 0.25) is 0 Å². The number of carbonyl (C=O) groups is 1. The van der Waals surface area contributed by atoms with E-state index in [9.17, 15) is 9.18 Å². The number of likely N-dealkylation sites (tertiary alicyclic amines) is 1. The molecule has 0 aliphatic carbocycles. The van der Waals surface area contributed by atoms with Crippen molar-refractivity contribution < 1.29 is 13.7 Å². The molecule has 0 spiro atoms. The van der Waals surface area contributed by atoms with Crippen LogP contribution in [0.5, 0.6) is 0 Å². The van der Waals surface area contributed by atoms with Crippen molar-refractivity contribution in [3.63, 3.8) is 0 Å². The molecular formula is C19H16FN3O2. The van der Waals surface area contributed by atoms with Gasteiger partial charge in [0.2, 0.25) is 11.7 Å². The van der Waals surface area contributed by atoms with Crippen molar-refractivity contribution >= 4 is 5.91 Å². The topological polar surface area (TPSA) is 59.2 Å². The Bertz CT molecular complexity index is 914. The highest BCUT2D eigenvalue weighted by atomic mass is 19.1. The summed E-state index contributed by atoms with van der Waals surface area (Å²) in [7, 11) is 0. The molecule has 25 heavy (non-hydrogen) atoms. The molecule has 1 aromatic heterocycles. The maximum atomic E-state index is 13.3. The van der Waals surface area contributed by atoms with Gasteiger partial charge in [-0.2, -0.15) is 4.98 Å². The lowest BCUT2D eigenvalue weighted by atomic mass is 9.98. The van der Waals surface area contributed by atoms with Gasteiger partial charge in [0.25, 0.3) is 5.91 Å². The van der Waals surface area contributed by atoms with E-state index in [2.05, 4.69) is 10.1 Å². The van der Waals surface area contributed by atoms with E-state index in [4.69, 9.17) is 4.52 Å². The van der Waals surface area contributed by atoms with Crippen LogP contribution in [0.15, 0.2) is 53.1 Å². The predicted octanol–water partition coefficient (Wildman–Crippen LogP) is 3.42. The van der Waals surface area contributed by atoms with Crippen LogP contribution in [0, 0.1) is 12.7 Å². The van der Waals surface area contributed by atoms with E-state index in [-0.39, 0.29) is 17.6 Å². The summed E-state index contributed by atoms with van der Waals surface area (Å²) in [6.07, 6.45) is 0. The maximum Gasteiger partial charge on any atom is 0.253 e. The number of rotatable bonds is 3. The van der Waals surface area contributed by atoms with E-state index in [1.54, 1.807) is 17.0 Å². The Morgan fingerprint density at radius 3 is 2.68 bits per heavy atom. The van der Waals surface area contributed by atoms with Crippen LogP contribution in [0.1, 0.15) is 27.7 Å². The van der Waals surface area contributed by atoms with Gasteiger partial charge in [0.1, 0.15) is 5.82 Å². The molecule has 1 amide bonds. The summed E-state index contributed by atoms with van der Waals surface area (Å²) in [4.78, 5) is 18.5. The Hall–Kier alpha value is -3.02. The van der Waals surface area contributed by atoms with Crippen molar-refractivity contribution in [1.82, 2.24) is 15.0 Å². The van der Waals surface area contributed by atoms with E-state index in [1.807, 2.05) is 31.2 Å². The number of hydrogen-bond donors (Lipinski definition) is 0. The molecule has 1 fully saturated rings. The van der Waals surface area contributed by atoms with Crippen LogP contribution in [0.4, 0.5) is 4.39 Å². The number of carbonyl (C=O) groups excluding carboxylic acids is 1. The molecule has 1 aliphatic rings. The molecule has 0 bridgehead atoms. The summed E-state index contributed by atoms with van der Waals surface area (Å²) in [6.45, 7) is 3.06. The molecule has 2 heterocycles. The van der Waals surface area contributed by atoms with Crippen molar-refractivity contribution in [2.75, 3.05) is 13.1 Å². The van der Waals surface area contributed by atoms with E-state index in [1.165, 1.54) is 12.1 Å². The lowest BCUT2D eigenvalue weighted by molar-refractivity contribution is 0.0569. The second-order valence-electron chi connectivity index (χ2n) is 6.24. The lowest BCUT2D eigenvalue weighted by Gasteiger charge is -2.37. The minimum Gasteiger partial charge on any atom is -0.339 e. The highest BCUT2D eigenvalue weighted by Gasteiger charge is 2.36. The fourth-order valence-corrected chi connectivity index (χ4v) is 2.83. The van der Waals surface area contributed by atoms with Crippen LogP contribution in [0.3, 0.4) is 0 Å². The second-order valence-corrected chi connectivity index (χ2v) is 6.24. The first-order chi connectivity index (χ1) is 12.1. The van der Waals surface area contributed by atoms with Crippen molar-refractivity contribution in [2.24, 2.45) is 0 Å². The quantitative estimate of drug-likeness (QED) is 0.735. The molecule has 2 aromatic carbocycles. The molecule has 5 nitrogen and oxygen atoms in total. The molecule has 0 N–H and O–H groups in total. The first-order valence-electron chi connectivity index (χ1n) is 8.05. The van der Waals surface area contributed by atoms with Gasteiger partial charge < -0.3 is 9.42 Å². The summed E-state index contributed by atoms with van der Waals surface area (Å²) >= 11 is 0. The van der Waals surface area contributed by atoms with E-state index >= 15 is 0 Å².